The second-order valence-corrected chi connectivity index (χ2v) is 18.1. The van der Waals surface area contributed by atoms with Gasteiger partial charge in [0.1, 0.15) is 13.2 Å². The SMILES string of the molecule is CC/C=C\C/C=C\C/C=C\C/C=C\C/C=C\C/C=C\C/C=C\CCCCCCCC(=O)OCC(COC(=O)CCCCCCC/C=C\C/C=C\CCC)OC(=O)CCCCC/C=C\C/C=C\C/C=C\CC. The fourth-order valence-electron chi connectivity index (χ4n) is 7.12. The van der Waals surface area contributed by atoms with Gasteiger partial charge in [0.2, 0.25) is 0 Å². The number of esters is 3. The van der Waals surface area contributed by atoms with Crippen LogP contribution in [0.5, 0.6) is 0 Å². The molecule has 0 radical (unpaired) electrons. The van der Waals surface area contributed by atoms with Gasteiger partial charge in [-0.1, -0.05) is 218 Å². The monoisotopic (exact) mass is 979 g/mol. The van der Waals surface area contributed by atoms with E-state index >= 15 is 0 Å². The summed E-state index contributed by atoms with van der Waals surface area (Å²) in [4.78, 5) is 38.1. The van der Waals surface area contributed by atoms with Crippen molar-refractivity contribution in [1.82, 2.24) is 0 Å². The third-order valence-corrected chi connectivity index (χ3v) is 11.3. The Morgan fingerprint density at radius 3 is 0.873 bits per heavy atom. The highest BCUT2D eigenvalue weighted by molar-refractivity contribution is 5.71. The Balaban J connectivity index is 4.40. The zero-order valence-electron chi connectivity index (χ0n) is 45.4. The van der Waals surface area contributed by atoms with E-state index in [0.717, 1.165) is 180 Å². The molecule has 0 saturated heterocycles. The Kier molecular flexibility index (Phi) is 54.0. The third-order valence-electron chi connectivity index (χ3n) is 11.3. The van der Waals surface area contributed by atoms with Gasteiger partial charge < -0.3 is 14.2 Å². The molecule has 6 heteroatoms. The lowest BCUT2D eigenvalue weighted by Crippen LogP contribution is -2.30. The zero-order chi connectivity index (χ0) is 51.4. The molecule has 0 aliphatic rings. The van der Waals surface area contributed by atoms with Crippen LogP contribution in [0.2, 0.25) is 0 Å². The van der Waals surface area contributed by atoms with E-state index in [1.165, 1.54) is 6.42 Å². The normalized spacial score (nSPS) is 13.2. The summed E-state index contributed by atoms with van der Waals surface area (Å²) in [5.41, 5.74) is 0. The van der Waals surface area contributed by atoms with Crippen LogP contribution in [0.3, 0.4) is 0 Å². The molecular formula is C65H102O6. The zero-order valence-corrected chi connectivity index (χ0v) is 45.4. The predicted molar refractivity (Wildman–Crippen MR) is 306 cm³/mol. The maximum absolute atomic E-state index is 12.8. The third kappa shape index (κ3) is 56.1. The van der Waals surface area contributed by atoms with Gasteiger partial charge in [-0.2, -0.15) is 0 Å². The minimum atomic E-state index is -0.813. The molecule has 0 N–H and O–H groups in total. The molecule has 398 valence electrons. The number of ether oxygens (including phenoxy) is 3. The van der Waals surface area contributed by atoms with Crippen LogP contribution in [0.1, 0.15) is 226 Å². The van der Waals surface area contributed by atoms with E-state index in [-0.39, 0.29) is 37.5 Å². The molecule has 0 heterocycles. The van der Waals surface area contributed by atoms with E-state index in [2.05, 4.69) is 167 Å². The van der Waals surface area contributed by atoms with Crippen LogP contribution < -0.4 is 0 Å². The molecule has 0 aliphatic carbocycles. The van der Waals surface area contributed by atoms with Crippen molar-refractivity contribution >= 4 is 17.9 Å². The summed E-state index contributed by atoms with van der Waals surface area (Å²) in [6.07, 6.45) is 82.7. The highest BCUT2D eigenvalue weighted by atomic mass is 16.6. The number of carbonyl (C=O) groups is 3. The van der Waals surface area contributed by atoms with Crippen molar-refractivity contribution < 1.29 is 28.6 Å². The lowest BCUT2D eigenvalue weighted by Gasteiger charge is -2.18. The molecule has 0 fully saturated rings. The second kappa shape index (κ2) is 57.9. The number of allylic oxidation sites excluding steroid dienone is 24. The first kappa shape index (κ1) is 66.3. The molecule has 0 rings (SSSR count). The van der Waals surface area contributed by atoms with E-state index < -0.39 is 6.10 Å². The molecule has 6 nitrogen and oxygen atoms in total. The predicted octanol–water partition coefficient (Wildman–Crippen LogP) is 19.2. The number of hydrogen-bond acceptors (Lipinski definition) is 6. The Hall–Kier alpha value is -4.71. The van der Waals surface area contributed by atoms with E-state index in [4.69, 9.17) is 14.2 Å². The van der Waals surface area contributed by atoms with Crippen molar-refractivity contribution in [3.63, 3.8) is 0 Å². The van der Waals surface area contributed by atoms with Crippen LogP contribution in [0.25, 0.3) is 0 Å². The fourth-order valence-corrected chi connectivity index (χ4v) is 7.12. The lowest BCUT2D eigenvalue weighted by atomic mass is 10.1. The Bertz CT molecular complexity index is 1590. The van der Waals surface area contributed by atoms with Crippen LogP contribution in [-0.2, 0) is 28.6 Å². The Morgan fingerprint density at radius 1 is 0.296 bits per heavy atom. The first-order valence-electron chi connectivity index (χ1n) is 28.3. The molecule has 0 bridgehead atoms. The van der Waals surface area contributed by atoms with Crippen molar-refractivity contribution in [2.75, 3.05) is 13.2 Å². The minimum Gasteiger partial charge on any atom is -0.462 e. The van der Waals surface area contributed by atoms with Gasteiger partial charge in [0.05, 0.1) is 0 Å². The second-order valence-electron chi connectivity index (χ2n) is 18.1. The molecule has 0 aromatic heterocycles. The molecule has 1 unspecified atom stereocenters. The largest absolute Gasteiger partial charge is 0.462 e. The van der Waals surface area contributed by atoms with Crippen molar-refractivity contribution in [2.45, 2.75) is 232 Å². The van der Waals surface area contributed by atoms with Crippen LogP contribution in [0, 0.1) is 0 Å². The molecule has 0 aliphatic heterocycles. The average molecular weight is 980 g/mol. The summed E-state index contributed by atoms with van der Waals surface area (Å²) < 4.78 is 16.8. The van der Waals surface area contributed by atoms with Crippen LogP contribution in [0.15, 0.2) is 146 Å². The maximum atomic E-state index is 12.8. The fraction of sp³-hybridized carbons (Fsp3) is 0.585. The average Bonchev–Trinajstić information content (AvgIpc) is 3.37. The first-order chi connectivity index (χ1) is 35.0. The van der Waals surface area contributed by atoms with Gasteiger partial charge in [0, 0.05) is 19.3 Å². The molecule has 0 amide bonds. The van der Waals surface area contributed by atoms with E-state index in [9.17, 15) is 14.4 Å². The molecule has 0 spiro atoms. The lowest BCUT2D eigenvalue weighted by molar-refractivity contribution is -0.167. The van der Waals surface area contributed by atoms with Gasteiger partial charge in [-0.3, -0.25) is 14.4 Å². The van der Waals surface area contributed by atoms with Gasteiger partial charge in [0.15, 0.2) is 6.10 Å². The minimum absolute atomic E-state index is 0.109. The van der Waals surface area contributed by atoms with E-state index in [0.29, 0.717) is 12.8 Å². The molecule has 0 saturated carbocycles. The Morgan fingerprint density at radius 2 is 0.549 bits per heavy atom. The van der Waals surface area contributed by atoms with Gasteiger partial charge in [-0.15, -0.1) is 0 Å². The number of unbranched alkanes of at least 4 members (excludes halogenated alkanes) is 14. The van der Waals surface area contributed by atoms with E-state index in [1.54, 1.807) is 0 Å². The van der Waals surface area contributed by atoms with Gasteiger partial charge in [-0.05, 0) is 135 Å². The summed E-state index contributed by atoms with van der Waals surface area (Å²) in [6.45, 7) is 6.27. The summed E-state index contributed by atoms with van der Waals surface area (Å²) in [6, 6.07) is 0. The van der Waals surface area contributed by atoms with Gasteiger partial charge in [0.25, 0.3) is 0 Å². The summed E-state index contributed by atoms with van der Waals surface area (Å²) in [7, 11) is 0. The smallest absolute Gasteiger partial charge is 0.306 e. The molecule has 0 aromatic rings. The summed E-state index contributed by atoms with van der Waals surface area (Å²) >= 11 is 0. The first-order valence-corrected chi connectivity index (χ1v) is 28.3. The van der Waals surface area contributed by atoms with Gasteiger partial charge in [-0.25, -0.2) is 0 Å². The summed E-state index contributed by atoms with van der Waals surface area (Å²) in [5.74, 6) is -0.981. The van der Waals surface area contributed by atoms with Crippen molar-refractivity contribution in [1.29, 1.82) is 0 Å². The van der Waals surface area contributed by atoms with Crippen molar-refractivity contribution in [3.05, 3.63) is 146 Å². The van der Waals surface area contributed by atoms with Crippen LogP contribution in [-0.4, -0.2) is 37.2 Å². The molecule has 71 heavy (non-hydrogen) atoms. The Labute approximate surface area is 436 Å². The van der Waals surface area contributed by atoms with Crippen molar-refractivity contribution in [3.8, 4) is 0 Å². The molecule has 1 atom stereocenters. The van der Waals surface area contributed by atoms with Gasteiger partial charge >= 0.3 is 17.9 Å². The van der Waals surface area contributed by atoms with Crippen molar-refractivity contribution in [2.24, 2.45) is 0 Å². The molecule has 0 aromatic carbocycles. The highest BCUT2D eigenvalue weighted by Crippen LogP contribution is 2.13. The van der Waals surface area contributed by atoms with Crippen LogP contribution >= 0.6 is 0 Å². The number of carbonyl (C=O) groups excluding carboxylic acids is 3. The molecular weight excluding hydrogens is 877 g/mol. The summed E-state index contributed by atoms with van der Waals surface area (Å²) in [5, 5.41) is 0. The van der Waals surface area contributed by atoms with Crippen LogP contribution in [0.4, 0.5) is 0 Å². The number of hydrogen-bond donors (Lipinski definition) is 0. The van der Waals surface area contributed by atoms with E-state index in [1.807, 2.05) is 0 Å². The standard InChI is InChI=1S/C65H102O6/c1-4-7-10-13-16-19-22-25-26-27-28-29-30-31-32-33-34-35-36-37-38-41-43-46-49-52-55-58-64(67)70-61-62(71-65(68)59-56-53-50-47-44-40-24-21-18-15-12-9-6-3)60-69-63(66)57-54-51-48-45-42-39-23-20-17-14-11-8-5-2/h7,9-12,14,16,18-21,23,25-26,28-29,31-32,34-35,37-38,40,44,62H,4-6,8,13,15,17,22,24,27,30,33,36,39,41-43,45-61H2,1-3H3/b10-7-,12-9-,14-11-,19-16-,21-18-,23-20-,26-25-,29-28-,32-31-,35-34-,38-37-,44-40-. The highest BCUT2D eigenvalue weighted by Gasteiger charge is 2.19. The topological polar surface area (TPSA) is 78.9 Å². The quantitative estimate of drug-likeness (QED) is 0.0262. The maximum Gasteiger partial charge on any atom is 0.306 e. The number of rotatable bonds is 49.